The van der Waals surface area contributed by atoms with E-state index in [1.165, 1.54) is 12.8 Å². The molecule has 1 aromatic rings. The van der Waals surface area contributed by atoms with Crippen molar-refractivity contribution in [1.29, 1.82) is 0 Å². The predicted molar refractivity (Wildman–Crippen MR) is 88.3 cm³/mol. The van der Waals surface area contributed by atoms with E-state index in [0.29, 0.717) is 25.2 Å². The summed E-state index contributed by atoms with van der Waals surface area (Å²) in [6.45, 7) is 3.80. The number of likely N-dealkylation sites (tertiary alicyclic amines) is 1. The van der Waals surface area contributed by atoms with Gasteiger partial charge in [-0.25, -0.2) is 4.98 Å². The first-order valence-electron chi connectivity index (χ1n) is 9.29. The molecule has 3 heterocycles. The largest absolute Gasteiger partial charge is 0.374 e. The molecule has 0 bridgehead atoms. The molecular weight excluding hydrogens is 306 g/mol. The summed E-state index contributed by atoms with van der Waals surface area (Å²) in [5, 5.41) is 4.20. The molecule has 4 rings (SSSR count). The Hall–Kier alpha value is -1.47. The van der Waals surface area contributed by atoms with Gasteiger partial charge in [-0.05, 0) is 32.2 Å². The maximum absolute atomic E-state index is 13.0. The number of fused-ring (bicyclic) bond motifs is 1. The van der Waals surface area contributed by atoms with Crippen molar-refractivity contribution >= 4 is 5.91 Å². The molecule has 2 saturated heterocycles. The summed E-state index contributed by atoms with van der Waals surface area (Å²) in [4.78, 5) is 21.4. The van der Waals surface area contributed by atoms with Gasteiger partial charge in [0.05, 0.1) is 31.8 Å². The fraction of sp³-hybridized carbons (Fsp3) is 0.824. The molecule has 0 unspecified atom stereocenters. The minimum Gasteiger partial charge on any atom is -0.374 e. The number of nitrogens with zero attached hydrogens (tertiary/aromatic N) is 5. The zero-order valence-corrected chi connectivity index (χ0v) is 14.2. The number of ether oxygens (including phenoxy) is 1. The summed E-state index contributed by atoms with van der Waals surface area (Å²) in [7, 11) is 0. The van der Waals surface area contributed by atoms with Crippen molar-refractivity contribution in [1.82, 2.24) is 24.6 Å². The lowest BCUT2D eigenvalue weighted by molar-refractivity contribution is -0.150. The van der Waals surface area contributed by atoms with E-state index in [1.54, 1.807) is 12.7 Å². The first-order chi connectivity index (χ1) is 11.8. The van der Waals surface area contributed by atoms with Crippen molar-refractivity contribution in [3.05, 3.63) is 12.7 Å². The van der Waals surface area contributed by atoms with E-state index in [0.717, 1.165) is 45.3 Å². The fourth-order valence-electron chi connectivity index (χ4n) is 4.52. The minimum absolute atomic E-state index is 0.265. The van der Waals surface area contributed by atoms with Crippen LogP contribution in [0.1, 0.15) is 38.5 Å². The van der Waals surface area contributed by atoms with Crippen molar-refractivity contribution in [3.63, 3.8) is 0 Å². The highest BCUT2D eigenvalue weighted by atomic mass is 16.5. The van der Waals surface area contributed by atoms with Crippen LogP contribution < -0.4 is 0 Å². The molecule has 0 radical (unpaired) electrons. The third kappa shape index (κ3) is 3.32. The van der Waals surface area contributed by atoms with Crippen LogP contribution in [0.3, 0.4) is 0 Å². The highest BCUT2D eigenvalue weighted by molar-refractivity contribution is 5.79. The van der Waals surface area contributed by atoms with Gasteiger partial charge in [-0.15, -0.1) is 0 Å². The molecule has 2 aliphatic heterocycles. The van der Waals surface area contributed by atoms with Crippen LogP contribution in [-0.4, -0.2) is 74.9 Å². The van der Waals surface area contributed by atoms with Gasteiger partial charge >= 0.3 is 0 Å². The van der Waals surface area contributed by atoms with Crippen LogP contribution in [0.2, 0.25) is 0 Å². The molecule has 7 nitrogen and oxygen atoms in total. The number of hydrogen-bond acceptors (Lipinski definition) is 5. The van der Waals surface area contributed by atoms with Crippen molar-refractivity contribution in [2.75, 3.05) is 26.2 Å². The Bertz CT molecular complexity index is 547. The second-order valence-electron chi connectivity index (χ2n) is 7.23. The van der Waals surface area contributed by atoms with Gasteiger partial charge in [-0.2, -0.15) is 5.10 Å². The van der Waals surface area contributed by atoms with Crippen LogP contribution in [0.4, 0.5) is 0 Å². The second-order valence-corrected chi connectivity index (χ2v) is 7.23. The average molecular weight is 333 g/mol. The number of morpholine rings is 1. The topological polar surface area (TPSA) is 63.5 Å². The van der Waals surface area contributed by atoms with Crippen LogP contribution in [-0.2, 0) is 16.1 Å². The van der Waals surface area contributed by atoms with Gasteiger partial charge in [0.1, 0.15) is 12.7 Å². The SMILES string of the molecule is O=C(CN1CCC[C@@H]1Cn1cncn1)N1CCO[C@@H]2CCCC[C@H]21. The van der Waals surface area contributed by atoms with Crippen LogP contribution in [0.5, 0.6) is 0 Å². The molecule has 3 fully saturated rings. The molecular formula is C17H27N5O2. The van der Waals surface area contributed by atoms with E-state index >= 15 is 0 Å². The summed E-state index contributed by atoms with van der Waals surface area (Å²) >= 11 is 0. The maximum Gasteiger partial charge on any atom is 0.237 e. The van der Waals surface area contributed by atoms with Crippen molar-refractivity contribution in [3.8, 4) is 0 Å². The Morgan fingerprint density at radius 2 is 2.08 bits per heavy atom. The Balaban J connectivity index is 1.37. The van der Waals surface area contributed by atoms with Gasteiger partial charge in [0.25, 0.3) is 0 Å². The molecule has 3 atom stereocenters. The van der Waals surface area contributed by atoms with Gasteiger partial charge in [-0.3, -0.25) is 14.4 Å². The van der Waals surface area contributed by atoms with Gasteiger partial charge in [0.15, 0.2) is 0 Å². The highest BCUT2D eigenvalue weighted by Crippen LogP contribution is 2.29. The number of rotatable bonds is 4. The van der Waals surface area contributed by atoms with Crippen LogP contribution in [0.25, 0.3) is 0 Å². The lowest BCUT2D eigenvalue weighted by Crippen LogP contribution is -2.57. The summed E-state index contributed by atoms with van der Waals surface area (Å²) in [6, 6.07) is 0.690. The minimum atomic E-state index is 0.265. The van der Waals surface area contributed by atoms with Crippen LogP contribution in [0.15, 0.2) is 12.7 Å². The molecule has 0 aromatic carbocycles. The van der Waals surface area contributed by atoms with Gasteiger partial charge in [0, 0.05) is 12.6 Å². The highest BCUT2D eigenvalue weighted by Gasteiger charge is 2.38. The van der Waals surface area contributed by atoms with E-state index in [9.17, 15) is 4.79 Å². The van der Waals surface area contributed by atoms with E-state index in [-0.39, 0.29) is 12.0 Å². The molecule has 132 valence electrons. The van der Waals surface area contributed by atoms with Crippen LogP contribution in [0, 0.1) is 0 Å². The smallest absolute Gasteiger partial charge is 0.237 e. The van der Waals surface area contributed by atoms with Gasteiger partial charge in [0.2, 0.25) is 5.91 Å². The summed E-state index contributed by atoms with van der Waals surface area (Å²) in [5.41, 5.74) is 0. The zero-order chi connectivity index (χ0) is 16.4. The number of carbonyl (C=O) groups is 1. The van der Waals surface area contributed by atoms with Crippen molar-refractivity contribution in [2.45, 2.75) is 63.3 Å². The zero-order valence-electron chi connectivity index (χ0n) is 14.2. The number of carbonyl (C=O) groups excluding carboxylic acids is 1. The molecule has 7 heteroatoms. The predicted octanol–water partition coefficient (Wildman–Crippen LogP) is 0.912. The lowest BCUT2D eigenvalue weighted by atomic mass is 9.90. The van der Waals surface area contributed by atoms with Crippen molar-refractivity contribution < 1.29 is 9.53 Å². The summed E-state index contributed by atoms with van der Waals surface area (Å²) < 4.78 is 7.77. The average Bonchev–Trinajstić information content (AvgIpc) is 3.27. The molecule has 1 saturated carbocycles. The molecule has 1 aliphatic carbocycles. The summed E-state index contributed by atoms with van der Waals surface area (Å²) in [6.07, 6.45) is 10.5. The van der Waals surface area contributed by atoms with Gasteiger partial charge < -0.3 is 9.64 Å². The maximum atomic E-state index is 13.0. The van der Waals surface area contributed by atoms with Crippen LogP contribution >= 0.6 is 0 Å². The standard InChI is InChI=1S/C17H27N5O2/c23-17(22-8-9-24-16-6-2-1-5-15(16)22)11-20-7-3-4-14(20)10-21-13-18-12-19-21/h12-16H,1-11H2/t14-,15-,16-/m1/s1. The summed E-state index contributed by atoms with van der Waals surface area (Å²) in [5.74, 6) is 0.278. The number of aromatic nitrogens is 3. The Morgan fingerprint density at radius 1 is 1.17 bits per heavy atom. The number of hydrogen-bond donors (Lipinski definition) is 0. The molecule has 3 aliphatic rings. The molecule has 0 spiro atoms. The van der Waals surface area contributed by atoms with E-state index in [2.05, 4.69) is 19.9 Å². The van der Waals surface area contributed by atoms with E-state index in [1.807, 2.05) is 4.68 Å². The third-order valence-corrected chi connectivity index (χ3v) is 5.75. The molecule has 1 amide bonds. The molecule has 0 N–H and O–H groups in total. The van der Waals surface area contributed by atoms with Crippen molar-refractivity contribution in [2.24, 2.45) is 0 Å². The Labute approximate surface area is 143 Å². The number of amides is 1. The van der Waals surface area contributed by atoms with Gasteiger partial charge in [-0.1, -0.05) is 12.8 Å². The normalized spacial score (nSPS) is 31.2. The first kappa shape index (κ1) is 16.0. The lowest BCUT2D eigenvalue weighted by Gasteiger charge is -2.44. The Kier molecular flexibility index (Phi) is 4.80. The Morgan fingerprint density at radius 3 is 2.96 bits per heavy atom. The second kappa shape index (κ2) is 7.19. The third-order valence-electron chi connectivity index (χ3n) is 5.75. The first-order valence-corrected chi connectivity index (χ1v) is 9.29. The fourth-order valence-corrected chi connectivity index (χ4v) is 4.52. The quantitative estimate of drug-likeness (QED) is 0.820. The molecule has 24 heavy (non-hydrogen) atoms. The van der Waals surface area contributed by atoms with E-state index in [4.69, 9.17) is 4.74 Å². The van der Waals surface area contributed by atoms with E-state index < -0.39 is 0 Å². The molecule has 1 aromatic heterocycles. The monoisotopic (exact) mass is 333 g/mol.